The number of ether oxygens (including phenoxy) is 3. The lowest BCUT2D eigenvalue weighted by atomic mass is 9.90. The van der Waals surface area contributed by atoms with E-state index in [-0.39, 0.29) is 6.09 Å². The first-order valence-electron chi connectivity index (χ1n) is 12.3. The summed E-state index contributed by atoms with van der Waals surface area (Å²) in [6.45, 7) is 7.22. The highest BCUT2D eigenvalue weighted by Gasteiger charge is 2.29. The molecule has 184 valence electrons. The predicted octanol–water partition coefficient (Wildman–Crippen LogP) is 5.77. The first-order chi connectivity index (χ1) is 16.6. The van der Waals surface area contributed by atoms with E-state index in [4.69, 9.17) is 14.2 Å². The van der Waals surface area contributed by atoms with Gasteiger partial charge in [0.15, 0.2) is 0 Å². The summed E-state index contributed by atoms with van der Waals surface area (Å²) < 4.78 is 17.6. The number of nitrogens with zero attached hydrogens (tertiary/aromatic N) is 2. The van der Waals surface area contributed by atoms with Gasteiger partial charge in [0.2, 0.25) is 0 Å². The number of carbonyl (C=O) groups is 1. The lowest BCUT2D eigenvalue weighted by Crippen LogP contribution is -2.44. The summed E-state index contributed by atoms with van der Waals surface area (Å²) in [6, 6.07) is 13.9. The summed E-state index contributed by atoms with van der Waals surface area (Å²) in [7, 11) is 1.64. The predicted molar refractivity (Wildman–Crippen MR) is 138 cm³/mol. The Balaban J connectivity index is 1.23. The Hall–Kier alpha value is -2.25. The zero-order valence-corrected chi connectivity index (χ0v) is 21.8. The average Bonchev–Trinajstić information content (AvgIpc) is 2.87. The van der Waals surface area contributed by atoms with Gasteiger partial charge >= 0.3 is 6.09 Å². The Morgan fingerprint density at radius 2 is 1.79 bits per heavy atom. The molecule has 2 aliphatic heterocycles. The van der Waals surface area contributed by atoms with Gasteiger partial charge in [0.1, 0.15) is 11.5 Å². The van der Waals surface area contributed by atoms with Crippen LogP contribution in [0.2, 0.25) is 0 Å². The maximum Gasteiger partial charge on any atom is 0.414 e. The number of cyclic esters (lactones) is 1. The normalized spacial score (nSPS) is 19.7. The SMILES string of the molecule is CCOc1ccc(Br)c(CC2CCN(CCC3COC(=O)N(c4ccc(OC)cc4)C3)CC2)c1. The van der Waals surface area contributed by atoms with Gasteiger partial charge < -0.3 is 19.1 Å². The van der Waals surface area contributed by atoms with Gasteiger partial charge in [-0.15, -0.1) is 0 Å². The van der Waals surface area contributed by atoms with E-state index in [1.165, 1.54) is 22.9 Å². The molecule has 0 saturated carbocycles. The highest BCUT2D eigenvalue weighted by Crippen LogP contribution is 2.30. The van der Waals surface area contributed by atoms with Crippen molar-refractivity contribution in [3.8, 4) is 11.5 Å². The molecule has 0 spiro atoms. The molecule has 2 aromatic carbocycles. The number of rotatable bonds is 9. The second-order valence-corrected chi connectivity index (χ2v) is 10.1. The molecule has 6 nitrogen and oxygen atoms in total. The fourth-order valence-electron chi connectivity index (χ4n) is 4.85. The van der Waals surface area contributed by atoms with Gasteiger partial charge in [-0.2, -0.15) is 0 Å². The van der Waals surface area contributed by atoms with E-state index in [0.717, 1.165) is 49.7 Å². The second-order valence-electron chi connectivity index (χ2n) is 9.22. The van der Waals surface area contributed by atoms with Crippen molar-refractivity contribution >= 4 is 27.7 Å². The van der Waals surface area contributed by atoms with E-state index in [9.17, 15) is 4.79 Å². The van der Waals surface area contributed by atoms with Crippen LogP contribution in [0.4, 0.5) is 10.5 Å². The molecule has 2 fully saturated rings. The lowest BCUT2D eigenvalue weighted by Gasteiger charge is -2.35. The topological polar surface area (TPSA) is 51.2 Å². The first-order valence-corrected chi connectivity index (χ1v) is 13.1. The Labute approximate surface area is 211 Å². The van der Waals surface area contributed by atoms with Crippen molar-refractivity contribution < 1.29 is 19.0 Å². The summed E-state index contributed by atoms with van der Waals surface area (Å²) >= 11 is 3.71. The van der Waals surface area contributed by atoms with Crippen LogP contribution in [0.25, 0.3) is 0 Å². The monoisotopic (exact) mass is 530 g/mol. The molecule has 0 bridgehead atoms. The van der Waals surface area contributed by atoms with E-state index < -0.39 is 0 Å². The van der Waals surface area contributed by atoms with Crippen LogP contribution in [0.15, 0.2) is 46.9 Å². The summed E-state index contributed by atoms with van der Waals surface area (Å²) in [5, 5.41) is 0. The minimum atomic E-state index is -0.262. The number of halogens is 1. The van der Waals surface area contributed by atoms with Crippen molar-refractivity contribution in [2.24, 2.45) is 11.8 Å². The molecule has 2 aromatic rings. The van der Waals surface area contributed by atoms with Crippen molar-refractivity contribution in [2.45, 2.75) is 32.6 Å². The number of methoxy groups -OCH3 is 1. The zero-order chi connectivity index (χ0) is 23.9. The fraction of sp³-hybridized carbons (Fsp3) is 0.519. The van der Waals surface area contributed by atoms with Gasteiger partial charge in [0.05, 0.1) is 20.3 Å². The molecule has 0 N–H and O–H groups in total. The molecule has 0 aromatic heterocycles. The zero-order valence-electron chi connectivity index (χ0n) is 20.2. The van der Waals surface area contributed by atoms with Crippen molar-refractivity contribution in [2.75, 3.05) is 51.4 Å². The van der Waals surface area contributed by atoms with Gasteiger partial charge in [-0.1, -0.05) is 15.9 Å². The number of hydrogen-bond donors (Lipinski definition) is 0. The molecule has 1 unspecified atom stereocenters. The molecule has 2 heterocycles. The molecule has 2 aliphatic rings. The van der Waals surface area contributed by atoms with Gasteiger partial charge in [-0.25, -0.2) is 4.79 Å². The quantitative estimate of drug-likeness (QED) is 0.411. The molecular weight excluding hydrogens is 496 g/mol. The van der Waals surface area contributed by atoms with Crippen LogP contribution in [0, 0.1) is 11.8 Å². The van der Waals surface area contributed by atoms with E-state index in [1.807, 2.05) is 37.3 Å². The lowest BCUT2D eigenvalue weighted by molar-refractivity contribution is 0.103. The Morgan fingerprint density at radius 3 is 2.50 bits per heavy atom. The van der Waals surface area contributed by atoms with E-state index in [0.29, 0.717) is 31.6 Å². The van der Waals surface area contributed by atoms with Crippen molar-refractivity contribution in [3.05, 3.63) is 52.5 Å². The summed E-state index contributed by atoms with van der Waals surface area (Å²) in [4.78, 5) is 16.6. The van der Waals surface area contributed by atoms with Crippen LogP contribution < -0.4 is 14.4 Å². The molecule has 2 saturated heterocycles. The van der Waals surface area contributed by atoms with Crippen molar-refractivity contribution in [1.29, 1.82) is 0 Å². The van der Waals surface area contributed by atoms with Crippen LogP contribution in [0.3, 0.4) is 0 Å². The van der Waals surface area contributed by atoms with Crippen LogP contribution in [0.1, 0.15) is 31.7 Å². The number of anilines is 1. The van der Waals surface area contributed by atoms with Gasteiger partial charge in [0.25, 0.3) is 0 Å². The molecule has 0 aliphatic carbocycles. The maximum atomic E-state index is 12.3. The van der Waals surface area contributed by atoms with Crippen LogP contribution >= 0.6 is 15.9 Å². The molecule has 4 rings (SSSR count). The maximum absolute atomic E-state index is 12.3. The van der Waals surface area contributed by atoms with Crippen molar-refractivity contribution in [3.63, 3.8) is 0 Å². The number of amides is 1. The van der Waals surface area contributed by atoms with E-state index in [1.54, 1.807) is 12.0 Å². The summed E-state index contributed by atoms with van der Waals surface area (Å²) in [6.07, 6.45) is 4.28. The largest absolute Gasteiger partial charge is 0.497 e. The third-order valence-corrected chi connectivity index (χ3v) is 7.66. The smallest absolute Gasteiger partial charge is 0.414 e. The van der Waals surface area contributed by atoms with Crippen LogP contribution in [0.5, 0.6) is 11.5 Å². The fourth-order valence-corrected chi connectivity index (χ4v) is 5.26. The van der Waals surface area contributed by atoms with E-state index in [2.05, 4.69) is 33.0 Å². The number of likely N-dealkylation sites (tertiary alicyclic amines) is 1. The Bertz CT molecular complexity index is 944. The van der Waals surface area contributed by atoms with Gasteiger partial charge in [-0.05, 0) is 106 Å². The van der Waals surface area contributed by atoms with E-state index >= 15 is 0 Å². The number of hydrogen-bond acceptors (Lipinski definition) is 5. The first kappa shape index (κ1) is 24.9. The highest BCUT2D eigenvalue weighted by atomic mass is 79.9. The molecule has 1 atom stereocenters. The molecule has 1 amide bonds. The third kappa shape index (κ3) is 6.45. The minimum Gasteiger partial charge on any atom is -0.497 e. The Morgan fingerprint density at radius 1 is 1.06 bits per heavy atom. The standard InChI is InChI=1S/C27H35BrN2O4/c1-3-33-25-8-9-26(28)22(17-25)16-20-10-13-29(14-11-20)15-12-21-18-30(27(31)34-19-21)23-4-6-24(32-2)7-5-23/h4-9,17,20-21H,3,10-16,18-19H2,1-2H3. The van der Waals surface area contributed by atoms with Gasteiger partial charge in [0, 0.05) is 22.6 Å². The highest BCUT2D eigenvalue weighted by molar-refractivity contribution is 9.10. The molecule has 7 heteroatoms. The molecular formula is C27H35BrN2O4. The minimum absolute atomic E-state index is 0.262. The van der Waals surface area contributed by atoms with Crippen LogP contribution in [-0.4, -0.2) is 57.5 Å². The number of benzene rings is 2. The van der Waals surface area contributed by atoms with Gasteiger partial charge in [-0.3, -0.25) is 4.90 Å². The average molecular weight is 531 g/mol. The second kappa shape index (κ2) is 11.9. The number of carbonyl (C=O) groups excluding carboxylic acids is 1. The molecule has 34 heavy (non-hydrogen) atoms. The summed E-state index contributed by atoms with van der Waals surface area (Å²) in [5.41, 5.74) is 2.20. The Kier molecular flexibility index (Phi) is 8.73. The van der Waals surface area contributed by atoms with Crippen molar-refractivity contribution in [1.82, 2.24) is 4.90 Å². The summed E-state index contributed by atoms with van der Waals surface area (Å²) in [5.74, 6) is 2.78. The third-order valence-electron chi connectivity index (χ3n) is 6.89. The molecule has 0 radical (unpaired) electrons. The number of piperidine rings is 1. The van der Waals surface area contributed by atoms with Crippen LogP contribution in [-0.2, 0) is 11.2 Å².